The molecule has 0 fully saturated rings. The molecule has 3 heteroatoms. The van der Waals surface area contributed by atoms with E-state index < -0.39 is 0 Å². The van der Waals surface area contributed by atoms with Crippen molar-refractivity contribution in [2.75, 3.05) is 0 Å². The summed E-state index contributed by atoms with van der Waals surface area (Å²) in [7, 11) is 0. The van der Waals surface area contributed by atoms with Crippen molar-refractivity contribution in [1.82, 2.24) is 0 Å². The highest BCUT2D eigenvalue weighted by Gasteiger charge is 2.28. The first-order valence-electron chi connectivity index (χ1n) is 3.65. The van der Waals surface area contributed by atoms with Gasteiger partial charge in [-0.2, -0.15) is 0 Å². The lowest BCUT2D eigenvalue weighted by Gasteiger charge is -1.94. The van der Waals surface area contributed by atoms with Crippen molar-refractivity contribution in [3.05, 3.63) is 35.1 Å². The quantitative estimate of drug-likeness (QED) is 0.624. The summed E-state index contributed by atoms with van der Waals surface area (Å²) >= 11 is 3.24. The molecule has 1 aromatic rings. The van der Waals surface area contributed by atoms with Crippen LogP contribution in [0.5, 0.6) is 0 Å². The standard InChI is InChI=1S/C9H6BrFO/c10-8-3-5-1-2-6(11)4-7(5)9(8)12/h1-2,4,8H,3H2/t8-/m0/s1. The second-order valence-corrected chi connectivity index (χ2v) is 3.94. The zero-order chi connectivity index (χ0) is 8.72. The van der Waals surface area contributed by atoms with Gasteiger partial charge in [-0.05, 0) is 24.1 Å². The number of rotatable bonds is 0. The van der Waals surface area contributed by atoms with Crippen LogP contribution in [0.25, 0.3) is 0 Å². The summed E-state index contributed by atoms with van der Waals surface area (Å²) in [5.41, 5.74) is 1.46. The Labute approximate surface area is 77.7 Å². The lowest BCUT2D eigenvalue weighted by atomic mass is 10.1. The Balaban J connectivity index is 2.56. The highest BCUT2D eigenvalue weighted by Crippen LogP contribution is 2.27. The molecule has 0 radical (unpaired) electrons. The van der Waals surface area contributed by atoms with Crippen LogP contribution in [-0.2, 0) is 6.42 Å². The molecule has 1 atom stereocenters. The molecule has 0 bridgehead atoms. The van der Waals surface area contributed by atoms with Crippen LogP contribution >= 0.6 is 15.9 Å². The van der Waals surface area contributed by atoms with Crippen molar-refractivity contribution < 1.29 is 9.18 Å². The van der Waals surface area contributed by atoms with Gasteiger partial charge in [0.2, 0.25) is 0 Å². The topological polar surface area (TPSA) is 17.1 Å². The molecule has 0 aromatic heterocycles. The predicted octanol–water partition coefficient (Wildman–Crippen LogP) is 2.33. The van der Waals surface area contributed by atoms with E-state index in [-0.39, 0.29) is 16.4 Å². The third-order valence-corrected chi connectivity index (χ3v) is 2.76. The van der Waals surface area contributed by atoms with E-state index in [0.29, 0.717) is 12.0 Å². The van der Waals surface area contributed by atoms with Crippen LogP contribution in [0.2, 0.25) is 0 Å². The van der Waals surface area contributed by atoms with Gasteiger partial charge in [-0.1, -0.05) is 22.0 Å². The third-order valence-electron chi connectivity index (χ3n) is 2.02. The first-order chi connectivity index (χ1) is 5.68. The third kappa shape index (κ3) is 1.08. The van der Waals surface area contributed by atoms with Gasteiger partial charge in [-0.15, -0.1) is 0 Å². The number of ketones is 1. The van der Waals surface area contributed by atoms with Crippen LogP contribution in [0, 0.1) is 5.82 Å². The predicted molar refractivity (Wildman–Crippen MR) is 47.1 cm³/mol. The zero-order valence-electron chi connectivity index (χ0n) is 6.18. The average molecular weight is 229 g/mol. The Hall–Kier alpha value is -0.700. The summed E-state index contributed by atoms with van der Waals surface area (Å²) in [6.45, 7) is 0. The van der Waals surface area contributed by atoms with Gasteiger partial charge in [0.1, 0.15) is 5.82 Å². The zero-order valence-corrected chi connectivity index (χ0v) is 7.77. The van der Waals surface area contributed by atoms with Crippen LogP contribution in [-0.4, -0.2) is 10.6 Å². The van der Waals surface area contributed by atoms with E-state index in [1.807, 2.05) is 0 Å². The summed E-state index contributed by atoms with van der Waals surface area (Å²) in [6.07, 6.45) is 0.675. The Morgan fingerprint density at radius 2 is 2.25 bits per heavy atom. The molecule has 1 aliphatic carbocycles. The number of Topliss-reactive ketones (excluding diaryl/α,β-unsaturated/α-hetero) is 1. The second kappa shape index (κ2) is 2.66. The first-order valence-corrected chi connectivity index (χ1v) is 4.57. The summed E-state index contributed by atoms with van der Waals surface area (Å²) in [5.74, 6) is -0.354. The normalized spacial score (nSPS) is 21.2. The fourth-order valence-corrected chi connectivity index (χ4v) is 2.01. The smallest absolute Gasteiger partial charge is 0.177 e. The Morgan fingerprint density at radius 1 is 1.50 bits per heavy atom. The number of hydrogen-bond acceptors (Lipinski definition) is 1. The van der Waals surface area contributed by atoms with Crippen LogP contribution in [0.3, 0.4) is 0 Å². The lowest BCUT2D eigenvalue weighted by Crippen LogP contribution is -2.06. The summed E-state index contributed by atoms with van der Waals surface area (Å²) < 4.78 is 12.7. The lowest BCUT2D eigenvalue weighted by molar-refractivity contribution is 0.100. The van der Waals surface area contributed by atoms with Gasteiger partial charge in [0.25, 0.3) is 0 Å². The molecule has 0 N–H and O–H groups in total. The van der Waals surface area contributed by atoms with Gasteiger partial charge in [0.15, 0.2) is 5.78 Å². The number of fused-ring (bicyclic) bond motifs is 1. The molecule has 1 aliphatic rings. The Kier molecular flexibility index (Phi) is 1.76. The molecule has 62 valence electrons. The maximum atomic E-state index is 12.7. The molecule has 1 nitrogen and oxygen atoms in total. The van der Waals surface area contributed by atoms with Gasteiger partial charge >= 0.3 is 0 Å². The number of alkyl halides is 1. The number of carbonyl (C=O) groups is 1. The van der Waals surface area contributed by atoms with Crippen molar-refractivity contribution >= 4 is 21.7 Å². The number of halogens is 2. The maximum absolute atomic E-state index is 12.7. The Morgan fingerprint density at radius 3 is 3.00 bits per heavy atom. The van der Waals surface area contributed by atoms with Crippen molar-refractivity contribution in [2.45, 2.75) is 11.2 Å². The van der Waals surface area contributed by atoms with E-state index in [4.69, 9.17) is 0 Å². The van der Waals surface area contributed by atoms with Gasteiger partial charge in [0.05, 0.1) is 4.83 Å². The molecular weight excluding hydrogens is 223 g/mol. The highest BCUT2D eigenvalue weighted by molar-refractivity contribution is 9.10. The second-order valence-electron chi connectivity index (χ2n) is 2.84. The summed E-state index contributed by atoms with van der Waals surface area (Å²) in [5, 5.41) is 0. The van der Waals surface area contributed by atoms with Crippen LogP contribution in [0.4, 0.5) is 4.39 Å². The van der Waals surface area contributed by atoms with Crippen molar-refractivity contribution in [3.63, 3.8) is 0 Å². The number of carbonyl (C=O) groups excluding carboxylic acids is 1. The van der Waals surface area contributed by atoms with Gasteiger partial charge in [-0.25, -0.2) is 4.39 Å². The SMILES string of the molecule is O=C1c2cc(F)ccc2C[C@@H]1Br. The van der Waals surface area contributed by atoms with Gasteiger partial charge < -0.3 is 0 Å². The molecule has 1 aromatic carbocycles. The molecule has 0 aliphatic heterocycles. The molecule has 0 saturated heterocycles. The van der Waals surface area contributed by atoms with E-state index in [0.717, 1.165) is 5.56 Å². The minimum atomic E-state index is -0.344. The Bertz CT molecular complexity index is 348. The molecule has 0 unspecified atom stereocenters. The van der Waals surface area contributed by atoms with Crippen molar-refractivity contribution in [1.29, 1.82) is 0 Å². The first kappa shape index (κ1) is 7.92. The molecule has 12 heavy (non-hydrogen) atoms. The van der Waals surface area contributed by atoms with Crippen LogP contribution in [0.1, 0.15) is 15.9 Å². The average Bonchev–Trinajstić information content (AvgIpc) is 2.31. The van der Waals surface area contributed by atoms with E-state index in [1.165, 1.54) is 12.1 Å². The van der Waals surface area contributed by atoms with Crippen LogP contribution in [0.15, 0.2) is 18.2 Å². The fourth-order valence-electron chi connectivity index (χ4n) is 1.41. The van der Waals surface area contributed by atoms with E-state index in [2.05, 4.69) is 15.9 Å². The van der Waals surface area contributed by atoms with Crippen LogP contribution < -0.4 is 0 Å². The van der Waals surface area contributed by atoms with Gasteiger partial charge in [0, 0.05) is 5.56 Å². The largest absolute Gasteiger partial charge is 0.293 e. The summed E-state index contributed by atoms with van der Waals surface area (Å²) in [4.78, 5) is 11.2. The maximum Gasteiger partial charge on any atom is 0.177 e. The summed E-state index contributed by atoms with van der Waals surface area (Å²) in [6, 6.07) is 4.36. The van der Waals surface area contributed by atoms with Crippen molar-refractivity contribution in [3.8, 4) is 0 Å². The highest BCUT2D eigenvalue weighted by atomic mass is 79.9. The monoisotopic (exact) mass is 228 g/mol. The molecule has 0 amide bonds. The van der Waals surface area contributed by atoms with E-state index in [1.54, 1.807) is 6.07 Å². The molecule has 0 heterocycles. The van der Waals surface area contributed by atoms with Gasteiger partial charge in [-0.3, -0.25) is 4.79 Å². The van der Waals surface area contributed by atoms with E-state index >= 15 is 0 Å². The number of benzene rings is 1. The van der Waals surface area contributed by atoms with Crippen molar-refractivity contribution in [2.24, 2.45) is 0 Å². The molecule has 0 spiro atoms. The molecule has 2 rings (SSSR count). The minimum Gasteiger partial charge on any atom is -0.293 e. The molecular formula is C9H6BrFO. The molecule has 0 saturated carbocycles. The number of hydrogen-bond donors (Lipinski definition) is 0. The fraction of sp³-hybridized carbons (Fsp3) is 0.222. The van der Waals surface area contributed by atoms with E-state index in [9.17, 15) is 9.18 Å². The minimum absolute atomic E-state index is 0.00972.